The Morgan fingerprint density at radius 1 is 1.17 bits per heavy atom. The second kappa shape index (κ2) is 4.11. The van der Waals surface area contributed by atoms with Crippen LogP contribution in [0, 0.1) is 0 Å². The number of fused-ring (bicyclic) bond motifs is 2. The second-order valence-electron chi connectivity index (χ2n) is 4.11. The van der Waals surface area contributed by atoms with Crippen molar-refractivity contribution in [1.29, 1.82) is 0 Å². The first-order valence-electron chi connectivity index (χ1n) is 5.71. The molecule has 0 aliphatic heterocycles. The van der Waals surface area contributed by atoms with Gasteiger partial charge in [0.05, 0.1) is 18.1 Å². The van der Waals surface area contributed by atoms with Crippen molar-refractivity contribution in [3.63, 3.8) is 0 Å². The van der Waals surface area contributed by atoms with E-state index in [0.29, 0.717) is 5.56 Å². The summed E-state index contributed by atoms with van der Waals surface area (Å²) in [6.45, 7) is 0. The maximum absolute atomic E-state index is 11.7. The molecule has 0 unspecified atom stereocenters. The molecule has 3 heteroatoms. The molecule has 0 N–H and O–H groups in total. The Bertz CT molecular complexity index is 750. The van der Waals surface area contributed by atoms with Crippen LogP contribution in [-0.2, 0) is 4.74 Å². The highest BCUT2D eigenvalue weighted by Gasteiger charge is 2.13. The number of ether oxygens (including phenoxy) is 1. The van der Waals surface area contributed by atoms with Crippen LogP contribution < -0.4 is 4.40 Å². The molecule has 88 valence electrons. The van der Waals surface area contributed by atoms with Gasteiger partial charge in [-0.3, -0.25) is 0 Å². The zero-order valence-corrected chi connectivity index (χ0v) is 9.96. The van der Waals surface area contributed by atoms with Crippen LogP contribution in [0.3, 0.4) is 0 Å². The minimum atomic E-state index is -0.309. The average Bonchev–Trinajstić information content (AvgIpc) is 2.43. The molecule has 0 aliphatic carbocycles. The van der Waals surface area contributed by atoms with E-state index in [4.69, 9.17) is 4.74 Å². The molecular weight excluding hydrogens is 226 g/mol. The van der Waals surface area contributed by atoms with E-state index in [9.17, 15) is 4.79 Å². The lowest BCUT2D eigenvalue weighted by Gasteiger charge is -2.03. The second-order valence-corrected chi connectivity index (χ2v) is 4.11. The van der Waals surface area contributed by atoms with Gasteiger partial charge in [0.25, 0.3) is 0 Å². The minimum Gasteiger partial charge on any atom is -0.465 e. The maximum atomic E-state index is 11.7. The molecule has 2 aromatic heterocycles. The fraction of sp³-hybridized carbons (Fsp3) is 0.0667. The lowest BCUT2D eigenvalue weighted by molar-refractivity contribution is -0.510. The molecule has 2 heterocycles. The van der Waals surface area contributed by atoms with Gasteiger partial charge in [-0.05, 0) is 17.5 Å². The summed E-state index contributed by atoms with van der Waals surface area (Å²) in [4.78, 5) is 11.7. The van der Waals surface area contributed by atoms with Gasteiger partial charge in [0.1, 0.15) is 0 Å². The number of carbonyl (C=O) groups excluding carboxylic acids is 1. The van der Waals surface area contributed by atoms with E-state index in [1.165, 1.54) is 7.11 Å². The summed E-state index contributed by atoms with van der Waals surface area (Å²) in [5.41, 5.74) is 1.68. The third-order valence-electron chi connectivity index (χ3n) is 3.04. The SMILES string of the molecule is COC(=O)c1cccc2cc3cccc[n+]3cc12. The summed E-state index contributed by atoms with van der Waals surface area (Å²) >= 11 is 0. The average molecular weight is 238 g/mol. The fourth-order valence-electron chi connectivity index (χ4n) is 2.15. The number of benzene rings is 1. The first kappa shape index (κ1) is 10.7. The fourth-order valence-corrected chi connectivity index (χ4v) is 2.15. The zero-order valence-electron chi connectivity index (χ0n) is 9.96. The molecule has 18 heavy (non-hydrogen) atoms. The third-order valence-corrected chi connectivity index (χ3v) is 3.04. The monoisotopic (exact) mass is 238 g/mol. The molecule has 0 fully saturated rings. The summed E-state index contributed by atoms with van der Waals surface area (Å²) in [5, 5.41) is 1.93. The van der Waals surface area contributed by atoms with Crippen LogP contribution in [0.5, 0.6) is 0 Å². The quantitative estimate of drug-likeness (QED) is 0.370. The van der Waals surface area contributed by atoms with E-state index in [1.807, 2.05) is 47.1 Å². The van der Waals surface area contributed by atoms with Crippen molar-refractivity contribution in [3.8, 4) is 0 Å². The molecule has 0 radical (unpaired) electrons. The van der Waals surface area contributed by atoms with Gasteiger partial charge in [0.2, 0.25) is 5.52 Å². The topological polar surface area (TPSA) is 30.4 Å². The molecule has 0 atom stereocenters. The molecule has 3 nitrogen and oxygen atoms in total. The molecule has 3 aromatic rings. The van der Waals surface area contributed by atoms with Crippen LogP contribution in [0.1, 0.15) is 10.4 Å². The molecule has 0 saturated heterocycles. The Kier molecular flexibility index (Phi) is 2.45. The van der Waals surface area contributed by atoms with Crippen LogP contribution >= 0.6 is 0 Å². The Labute approximate surface area is 104 Å². The maximum Gasteiger partial charge on any atom is 0.338 e. The van der Waals surface area contributed by atoms with E-state index < -0.39 is 0 Å². The number of nitrogens with zero attached hydrogens (tertiary/aromatic N) is 1. The summed E-state index contributed by atoms with van der Waals surface area (Å²) < 4.78 is 6.80. The Morgan fingerprint density at radius 2 is 2.06 bits per heavy atom. The van der Waals surface area contributed by atoms with Gasteiger partial charge in [-0.2, -0.15) is 4.40 Å². The number of rotatable bonds is 1. The van der Waals surface area contributed by atoms with Gasteiger partial charge in [-0.1, -0.05) is 12.1 Å². The summed E-state index contributed by atoms with van der Waals surface area (Å²) in [6, 6.07) is 13.7. The van der Waals surface area contributed by atoms with Crippen LogP contribution in [0.15, 0.2) is 54.9 Å². The molecule has 0 amide bonds. The number of hydrogen-bond donors (Lipinski definition) is 0. The molecule has 1 aromatic carbocycles. The summed E-state index contributed by atoms with van der Waals surface area (Å²) in [5.74, 6) is -0.309. The standard InChI is InChI=1S/C15H12NO2/c1-18-15(17)13-7-4-5-11-9-12-6-2-3-8-16(12)10-14(11)13/h2-10H,1H3/q+1. The van der Waals surface area contributed by atoms with Crippen molar-refractivity contribution in [2.45, 2.75) is 0 Å². The number of aromatic nitrogens is 1. The van der Waals surface area contributed by atoms with E-state index in [2.05, 4.69) is 6.07 Å². The van der Waals surface area contributed by atoms with Crippen molar-refractivity contribution >= 4 is 22.3 Å². The predicted molar refractivity (Wildman–Crippen MR) is 68.4 cm³/mol. The van der Waals surface area contributed by atoms with E-state index >= 15 is 0 Å². The lowest BCUT2D eigenvalue weighted by atomic mass is 10.1. The number of methoxy groups -OCH3 is 1. The van der Waals surface area contributed by atoms with Crippen molar-refractivity contribution in [2.24, 2.45) is 0 Å². The first-order chi connectivity index (χ1) is 8.79. The van der Waals surface area contributed by atoms with Gasteiger partial charge in [0, 0.05) is 18.2 Å². The summed E-state index contributed by atoms with van der Waals surface area (Å²) in [7, 11) is 1.40. The van der Waals surface area contributed by atoms with Gasteiger partial charge in [-0.15, -0.1) is 0 Å². The molecule has 0 aliphatic rings. The molecule has 3 rings (SSSR count). The van der Waals surface area contributed by atoms with Crippen LogP contribution in [0.4, 0.5) is 0 Å². The van der Waals surface area contributed by atoms with Crippen molar-refractivity contribution < 1.29 is 13.9 Å². The lowest BCUT2D eigenvalue weighted by Crippen LogP contribution is -2.20. The smallest absolute Gasteiger partial charge is 0.338 e. The molecule has 0 saturated carbocycles. The van der Waals surface area contributed by atoms with Crippen LogP contribution in [0.25, 0.3) is 16.3 Å². The Balaban J connectivity index is 2.39. The zero-order chi connectivity index (χ0) is 12.5. The minimum absolute atomic E-state index is 0.309. The van der Waals surface area contributed by atoms with Gasteiger partial charge in [-0.25, -0.2) is 4.79 Å². The highest BCUT2D eigenvalue weighted by atomic mass is 16.5. The summed E-state index contributed by atoms with van der Waals surface area (Å²) in [6.07, 6.45) is 3.92. The normalized spacial score (nSPS) is 10.7. The van der Waals surface area contributed by atoms with E-state index in [-0.39, 0.29) is 5.97 Å². The first-order valence-corrected chi connectivity index (χ1v) is 5.71. The van der Waals surface area contributed by atoms with Gasteiger partial charge >= 0.3 is 5.97 Å². The van der Waals surface area contributed by atoms with Crippen molar-refractivity contribution in [2.75, 3.05) is 7.11 Å². The Hall–Kier alpha value is -2.42. The number of pyridine rings is 2. The van der Waals surface area contributed by atoms with Crippen LogP contribution in [0.2, 0.25) is 0 Å². The van der Waals surface area contributed by atoms with Crippen LogP contribution in [-0.4, -0.2) is 13.1 Å². The number of esters is 1. The van der Waals surface area contributed by atoms with Gasteiger partial charge < -0.3 is 4.74 Å². The van der Waals surface area contributed by atoms with E-state index in [1.54, 1.807) is 6.07 Å². The van der Waals surface area contributed by atoms with Crippen molar-refractivity contribution in [1.82, 2.24) is 0 Å². The number of carbonyl (C=O) groups is 1. The Morgan fingerprint density at radius 3 is 2.89 bits per heavy atom. The van der Waals surface area contributed by atoms with E-state index in [0.717, 1.165) is 16.3 Å². The molecular formula is C15H12NO2+. The van der Waals surface area contributed by atoms with Gasteiger partial charge in [0.15, 0.2) is 12.4 Å². The highest BCUT2D eigenvalue weighted by Crippen LogP contribution is 2.19. The van der Waals surface area contributed by atoms with Crippen molar-refractivity contribution in [3.05, 3.63) is 60.4 Å². The predicted octanol–water partition coefficient (Wildman–Crippen LogP) is 2.37. The highest BCUT2D eigenvalue weighted by molar-refractivity contribution is 6.04. The number of hydrogen-bond acceptors (Lipinski definition) is 2. The largest absolute Gasteiger partial charge is 0.465 e. The molecule has 0 spiro atoms. The third kappa shape index (κ3) is 1.61. The molecule has 0 bridgehead atoms.